The summed E-state index contributed by atoms with van der Waals surface area (Å²) in [7, 11) is 3.67. The quantitative estimate of drug-likeness (QED) is 0.796. The van der Waals surface area contributed by atoms with Crippen molar-refractivity contribution in [1.82, 2.24) is 9.97 Å². The van der Waals surface area contributed by atoms with Crippen LogP contribution in [-0.2, 0) is 11.2 Å². The lowest BCUT2D eigenvalue weighted by Crippen LogP contribution is -2.17. The Bertz CT molecular complexity index is 455. The van der Waals surface area contributed by atoms with Crippen LogP contribution in [0.15, 0.2) is 0 Å². The minimum atomic E-state index is -0.903. The maximum Gasteiger partial charge on any atom is 0.308 e. The van der Waals surface area contributed by atoms with Gasteiger partial charge < -0.3 is 15.7 Å². The number of nitrogens with two attached hydrogens (primary N) is 1. The number of carbonyl (C=O) groups is 1. The largest absolute Gasteiger partial charge is 0.481 e. The van der Waals surface area contributed by atoms with Crippen LogP contribution in [0.5, 0.6) is 0 Å². The number of nitrogen functional groups attached to an aromatic ring is 1. The molecule has 6 nitrogen and oxygen atoms in total. The summed E-state index contributed by atoms with van der Waals surface area (Å²) in [6.07, 6.45) is 2.00. The number of aromatic nitrogens is 2. The van der Waals surface area contributed by atoms with Crippen molar-refractivity contribution in [2.45, 2.75) is 25.2 Å². The van der Waals surface area contributed by atoms with Gasteiger partial charge in [-0.25, -0.2) is 4.98 Å². The zero-order valence-electron chi connectivity index (χ0n) is 9.97. The second-order valence-corrected chi connectivity index (χ2v) is 4.51. The molecule has 92 valence electrons. The van der Waals surface area contributed by atoms with Crippen molar-refractivity contribution < 1.29 is 9.90 Å². The number of hydrogen-bond acceptors (Lipinski definition) is 5. The van der Waals surface area contributed by atoms with Crippen molar-refractivity contribution >= 4 is 17.7 Å². The van der Waals surface area contributed by atoms with Gasteiger partial charge in [-0.15, -0.1) is 0 Å². The van der Waals surface area contributed by atoms with Gasteiger partial charge in [0.05, 0.1) is 12.1 Å². The van der Waals surface area contributed by atoms with Gasteiger partial charge >= 0.3 is 5.97 Å². The van der Waals surface area contributed by atoms with Crippen LogP contribution in [0.1, 0.15) is 30.0 Å². The molecule has 0 bridgehead atoms. The smallest absolute Gasteiger partial charge is 0.308 e. The lowest BCUT2D eigenvalue weighted by molar-refractivity contribution is -0.136. The third-order valence-electron chi connectivity index (χ3n) is 2.75. The predicted molar refractivity (Wildman–Crippen MR) is 64.1 cm³/mol. The molecule has 0 aliphatic heterocycles. The number of anilines is 2. The fourth-order valence-electron chi connectivity index (χ4n) is 1.73. The Kier molecular flexibility index (Phi) is 2.87. The third kappa shape index (κ3) is 2.46. The molecule has 0 atom stereocenters. The fourth-order valence-corrected chi connectivity index (χ4v) is 1.73. The summed E-state index contributed by atoms with van der Waals surface area (Å²) in [5, 5.41) is 8.87. The molecule has 0 aromatic carbocycles. The first kappa shape index (κ1) is 11.6. The van der Waals surface area contributed by atoms with Gasteiger partial charge in [-0.1, -0.05) is 0 Å². The maximum atomic E-state index is 10.8. The van der Waals surface area contributed by atoms with Gasteiger partial charge in [0.2, 0.25) is 5.95 Å². The molecule has 1 saturated carbocycles. The summed E-state index contributed by atoms with van der Waals surface area (Å²) in [6, 6.07) is 0. The molecule has 0 saturated heterocycles. The Labute approximate surface area is 99.5 Å². The second-order valence-electron chi connectivity index (χ2n) is 4.51. The molecular formula is C11H16N4O2. The van der Waals surface area contributed by atoms with Crippen LogP contribution < -0.4 is 10.6 Å². The van der Waals surface area contributed by atoms with E-state index in [2.05, 4.69) is 9.97 Å². The molecule has 1 aromatic rings. The maximum absolute atomic E-state index is 10.8. The Morgan fingerprint density at radius 3 is 2.59 bits per heavy atom. The average molecular weight is 236 g/mol. The summed E-state index contributed by atoms with van der Waals surface area (Å²) >= 11 is 0. The lowest BCUT2D eigenvalue weighted by atomic mass is 10.1. The van der Waals surface area contributed by atoms with Crippen molar-refractivity contribution in [3.63, 3.8) is 0 Å². The summed E-state index contributed by atoms with van der Waals surface area (Å²) in [4.78, 5) is 21.1. The van der Waals surface area contributed by atoms with Crippen LogP contribution in [0.2, 0.25) is 0 Å². The van der Waals surface area contributed by atoms with Gasteiger partial charge in [0.25, 0.3) is 0 Å². The molecule has 0 radical (unpaired) electrons. The number of aliphatic carboxylic acids is 1. The first-order valence-corrected chi connectivity index (χ1v) is 5.54. The van der Waals surface area contributed by atoms with E-state index in [9.17, 15) is 4.79 Å². The van der Waals surface area contributed by atoms with Crippen LogP contribution in [0.3, 0.4) is 0 Å². The van der Waals surface area contributed by atoms with Crippen LogP contribution in [0.4, 0.5) is 11.8 Å². The Morgan fingerprint density at radius 2 is 2.12 bits per heavy atom. The number of carboxylic acids is 1. The van der Waals surface area contributed by atoms with E-state index in [0.717, 1.165) is 18.5 Å². The lowest BCUT2D eigenvalue weighted by Gasteiger charge is -2.15. The third-order valence-corrected chi connectivity index (χ3v) is 2.75. The van der Waals surface area contributed by atoms with E-state index in [1.807, 2.05) is 14.1 Å². The normalized spacial score (nSPS) is 14.7. The molecule has 0 unspecified atom stereocenters. The van der Waals surface area contributed by atoms with E-state index in [-0.39, 0.29) is 12.2 Å². The highest BCUT2D eigenvalue weighted by Crippen LogP contribution is 2.42. The molecular weight excluding hydrogens is 220 g/mol. The number of hydrogen-bond donors (Lipinski definition) is 2. The molecule has 2 rings (SSSR count). The van der Waals surface area contributed by atoms with E-state index in [1.54, 1.807) is 4.90 Å². The van der Waals surface area contributed by atoms with Gasteiger partial charge in [0.15, 0.2) is 0 Å². The molecule has 17 heavy (non-hydrogen) atoms. The topological polar surface area (TPSA) is 92.3 Å². The van der Waals surface area contributed by atoms with Crippen molar-refractivity contribution in [1.29, 1.82) is 0 Å². The predicted octanol–water partition coefficient (Wildman–Crippen LogP) is 0.629. The van der Waals surface area contributed by atoms with E-state index in [4.69, 9.17) is 10.8 Å². The molecule has 0 spiro atoms. The van der Waals surface area contributed by atoms with Crippen LogP contribution in [-0.4, -0.2) is 35.1 Å². The molecule has 1 aromatic heterocycles. The van der Waals surface area contributed by atoms with E-state index < -0.39 is 5.97 Å². The van der Waals surface area contributed by atoms with E-state index >= 15 is 0 Å². The van der Waals surface area contributed by atoms with Gasteiger partial charge in [0.1, 0.15) is 5.82 Å². The summed E-state index contributed by atoms with van der Waals surface area (Å²) < 4.78 is 0. The van der Waals surface area contributed by atoms with Gasteiger partial charge in [-0.05, 0) is 12.8 Å². The Morgan fingerprint density at radius 1 is 1.47 bits per heavy atom. The molecule has 1 fully saturated rings. The highest BCUT2D eigenvalue weighted by atomic mass is 16.4. The SMILES string of the molecule is CN(C)c1nc(N)c(CC(=O)O)c(C2CC2)n1. The summed E-state index contributed by atoms with van der Waals surface area (Å²) in [5.74, 6) is 0.277. The van der Waals surface area contributed by atoms with Crippen molar-refractivity contribution in [3.05, 3.63) is 11.3 Å². The highest BCUT2D eigenvalue weighted by molar-refractivity contribution is 5.73. The number of nitrogens with zero attached hydrogens (tertiary/aromatic N) is 3. The average Bonchev–Trinajstić information content (AvgIpc) is 3.03. The Hall–Kier alpha value is -1.85. The molecule has 0 amide bonds. The zero-order chi connectivity index (χ0) is 12.6. The van der Waals surface area contributed by atoms with Gasteiger partial charge in [-0.3, -0.25) is 4.79 Å². The first-order chi connectivity index (χ1) is 7.99. The second kappa shape index (κ2) is 4.20. The van der Waals surface area contributed by atoms with Crippen molar-refractivity contribution in [3.8, 4) is 0 Å². The minimum absolute atomic E-state index is 0.106. The standard InChI is InChI=1S/C11H16N4O2/c1-15(2)11-13-9(6-3-4-6)7(5-8(16)17)10(12)14-11/h6H,3-5H2,1-2H3,(H,16,17)(H2,12,13,14). The van der Waals surface area contributed by atoms with E-state index in [1.165, 1.54) is 0 Å². The molecule has 3 N–H and O–H groups in total. The van der Waals surface area contributed by atoms with Crippen LogP contribution >= 0.6 is 0 Å². The molecule has 1 aliphatic carbocycles. The highest BCUT2D eigenvalue weighted by Gasteiger charge is 2.30. The van der Waals surface area contributed by atoms with Crippen LogP contribution in [0.25, 0.3) is 0 Å². The number of carboxylic acid groups (broad SMARTS) is 1. The minimum Gasteiger partial charge on any atom is -0.481 e. The van der Waals surface area contributed by atoms with Gasteiger partial charge in [0, 0.05) is 25.6 Å². The first-order valence-electron chi connectivity index (χ1n) is 5.54. The Balaban J connectivity index is 2.45. The summed E-state index contributed by atoms with van der Waals surface area (Å²) in [6.45, 7) is 0. The monoisotopic (exact) mass is 236 g/mol. The van der Waals surface area contributed by atoms with Gasteiger partial charge in [-0.2, -0.15) is 4.98 Å². The fraction of sp³-hybridized carbons (Fsp3) is 0.545. The molecule has 6 heteroatoms. The number of rotatable bonds is 4. The molecule has 1 aliphatic rings. The zero-order valence-corrected chi connectivity index (χ0v) is 9.97. The molecule has 1 heterocycles. The van der Waals surface area contributed by atoms with E-state index in [0.29, 0.717) is 17.4 Å². The van der Waals surface area contributed by atoms with Crippen molar-refractivity contribution in [2.24, 2.45) is 0 Å². The summed E-state index contributed by atoms with van der Waals surface area (Å²) in [5.41, 5.74) is 7.22. The van der Waals surface area contributed by atoms with Crippen LogP contribution in [0, 0.1) is 0 Å². The van der Waals surface area contributed by atoms with Crippen molar-refractivity contribution in [2.75, 3.05) is 24.7 Å².